The zero-order valence-corrected chi connectivity index (χ0v) is 15.5. The molecule has 1 saturated heterocycles. The summed E-state index contributed by atoms with van der Waals surface area (Å²) in [5.74, 6) is -1.14. The van der Waals surface area contributed by atoms with E-state index in [2.05, 4.69) is 21.2 Å². The molecule has 2 rings (SSSR count). The number of hydrogen-bond donors (Lipinski definition) is 1. The molecule has 8 heteroatoms. The SMILES string of the molecule is C[C@@H](OC(=O)/C=C/c1cccc(Br)c1)C(=O)N[C@@H]1CCS(=O)(=O)C1. The number of rotatable bonds is 5. The van der Waals surface area contributed by atoms with Crippen molar-refractivity contribution in [3.05, 3.63) is 40.4 Å². The van der Waals surface area contributed by atoms with E-state index in [1.165, 1.54) is 13.0 Å². The first-order chi connectivity index (χ1) is 11.2. The van der Waals surface area contributed by atoms with Crippen molar-refractivity contribution in [3.8, 4) is 0 Å². The first-order valence-corrected chi connectivity index (χ1v) is 10.0. The normalized spacial score (nSPS) is 20.7. The van der Waals surface area contributed by atoms with Crippen molar-refractivity contribution in [2.45, 2.75) is 25.5 Å². The lowest BCUT2D eigenvalue weighted by Gasteiger charge is -2.15. The highest BCUT2D eigenvalue weighted by Gasteiger charge is 2.30. The Morgan fingerprint density at radius 3 is 2.79 bits per heavy atom. The Bertz CT molecular complexity index is 759. The third kappa shape index (κ3) is 5.76. The van der Waals surface area contributed by atoms with Crippen LogP contribution in [0.25, 0.3) is 6.08 Å². The lowest BCUT2D eigenvalue weighted by atomic mass is 10.2. The number of benzene rings is 1. The minimum absolute atomic E-state index is 0.0673. The van der Waals surface area contributed by atoms with Gasteiger partial charge in [-0.25, -0.2) is 13.2 Å². The molecular formula is C16H18BrNO5S. The summed E-state index contributed by atoms with van der Waals surface area (Å²) in [6, 6.07) is 6.94. The molecule has 0 aromatic heterocycles. The van der Waals surface area contributed by atoms with Gasteiger partial charge in [0.05, 0.1) is 11.5 Å². The van der Waals surface area contributed by atoms with Gasteiger partial charge in [0.2, 0.25) is 0 Å². The van der Waals surface area contributed by atoms with Crippen LogP contribution in [0.2, 0.25) is 0 Å². The van der Waals surface area contributed by atoms with Gasteiger partial charge >= 0.3 is 5.97 Å². The quantitative estimate of drug-likeness (QED) is 0.583. The standard InChI is InChI=1S/C16H18BrNO5S/c1-11(16(20)18-14-7-8-24(21,22)10-14)23-15(19)6-5-12-3-2-4-13(17)9-12/h2-6,9,11,14H,7-8,10H2,1H3,(H,18,20)/b6-5+/t11-,14-/m1/s1. The van der Waals surface area contributed by atoms with Gasteiger partial charge in [-0.2, -0.15) is 0 Å². The second kappa shape index (κ2) is 7.94. The lowest BCUT2D eigenvalue weighted by molar-refractivity contribution is -0.150. The molecular weight excluding hydrogens is 398 g/mol. The molecule has 0 unspecified atom stereocenters. The average molecular weight is 416 g/mol. The Balaban J connectivity index is 1.83. The fourth-order valence-corrected chi connectivity index (χ4v) is 4.36. The highest BCUT2D eigenvalue weighted by Crippen LogP contribution is 2.13. The van der Waals surface area contributed by atoms with E-state index in [0.29, 0.717) is 6.42 Å². The van der Waals surface area contributed by atoms with E-state index < -0.39 is 33.9 Å². The van der Waals surface area contributed by atoms with Crippen molar-refractivity contribution in [1.29, 1.82) is 0 Å². The number of halogens is 1. The van der Waals surface area contributed by atoms with Gasteiger partial charge in [-0.05, 0) is 37.1 Å². The Labute approximate surface area is 149 Å². The van der Waals surface area contributed by atoms with Crippen molar-refractivity contribution in [2.75, 3.05) is 11.5 Å². The van der Waals surface area contributed by atoms with Gasteiger partial charge in [-0.3, -0.25) is 4.79 Å². The Hall–Kier alpha value is -1.67. The van der Waals surface area contributed by atoms with Gasteiger partial charge in [-0.15, -0.1) is 0 Å². The summed E-state index contributed by atoms with van der Waals surface area (Å²) in [6.45, 7) is 1.45. The van der Waals surface area contributed by atoms with E-state index in [1.54, 1.807) is 6.08 Å². The average Bonchev–Trinajstić information content (AvgIpc) is 2.84. The number of carbonyl (C=O) groups excluding carboxylic acids is 2. The third-order valence-electron chi connectivity index (χ3n) is 3.50. The van der Waals surface area contributed by atoms with E-state index in [0.717, 1.165) is 10.0 Å². The van der Waals surface area contributed by atoms with Gasteiger partial charge in [0, 0.05) is 16.6 Å². The van der Waals surface area contributed by atoms with E-state index in [-0.39, 0.29) is 11.5 Å². The molecule has 1 heterocycles. The van der Waals surface area contributed by atoms with Gasteiger partial charge in [0.15, 0.2) is 15.9 Å². The number of carbonyl (C=O) groups is 2. The van der Waals surface area contributed by atoms with Crippen LogP contribution in [0, 0.1) is 0 Å². The topological polar surface area (TPSA) is 89.5 Å². The molecule has 0 radical (unpaired) electrons. The fraction of sp³-hybridized carbons (Fsp3) is 0.375. The Morgan fingerprint density at radius 1 is 1.42 bits per heavy atom. The van der Waals surface area contributed by atoms with Crippen molar-refractivity contribution < 1.29 is 22.7 Å². The van der Waals surface area contributed by atoms with Crippen molar-refractivity contribution in [3.63, 3.8) is 0 Å². The minimum Gasteiger partial charge on any atom is -0.449 e. The van der Waals surface area contributed by atoms with Crippen LogP contribution < -0.4 is 5.32 Å². The second-order valence-corrected chi connectivity index (χ2v) is 8.72. The lowest BCUT2D eigenvalue weighted by Crippen LogP contribution is -2.42. The number of esters is 1. The summed E-state index contributed by atoms with van der Waals surface area (Å²) >= 11 is 3.33. The summed E-state index contributed by atoms with van der Waals surface area (Å²) in [5.41, 5.74) is 0.814. The predicted octanol–water partition coefficient (Wildman–Crippen LogP) is 1.70. The van der Waals surface area contributed by atoms with Crippen LogP contribution >= 0.6 is 15.9 Å². The maximum Gasteiger partial charge on any atom is 0.331 e. The molecule has 0 aliphatic carbocycles. The molecule has 1 fully saturated rings. The molecule has 0 saturated carbocycles. The molecule has 1 aromatic rings. The molecule has 6 nitrogen and oxygen atoms in total. The van der Waals surface area contributed by atoms with Gasteiger partial charge in [0.1, 0.15) is 0 Å². The molecule has 24 heavy (non-hydrogen) atoms. The molecule has 0 bridgehead atoms. The Kier molecular flexibility index (Phi) is 6.17. The molecule has 0 spiro atoms. The number of sulfone groups is 1. The van der Waals surface area contributed by atoms with Crippen LogP contribution in [0.3, 0.4) is 0 Å². The van der Waals surface area contributed by atoms with Gasteiger partial charge in [-0.1, -0.05) is 28.1 Å². The first kappa shape index (κ1) is 18.7. The monoisotopic (exact) mass is 415 g/mol. The summed E-state index contributed by atoms with van der Waals surface area (Å²) in [6.07, 6.45) is 2.22. The summed E-state index contributed by atoms with van der Waals surface area (Å²) < 4.78 is 28.6. The summed E-state index contributed by atoms with van der Waals surface area (Å²) in [4.78, 5) is 23.7. The van der Waals surface area contributed by atoms with E-state index in [9.17, 15) is 18.0 Å². The zero-order chi connectivity index (χ0) is 17.7. The van der Waals surface area contributed by atoms with Crippen molar-refractivity contribution in [2.24, 2.45) is 0 Å². The maximum atomic E-state index is 12.0. The largest absolute Gasteiger partial charge is 0.449 e. The third-order valence-corrected chi connectivity index (χ3v) is 5.76. The predicted molar refractivity (Wildman–Crippen MR) is 93.9 cm³/mol. The molecule has 1 amide bonds. The van der Waals surface area contributed by atoms with Crippen LogP contribution in [0.15, 0.2) is 34.8 Å². The van der Waals surface area contributed by atoms with E-state index in [4.69, 9.17) is 4.74 Å². The van der Waals surface area contributed by atoms with Crippen LogP contribution in [0.4, 0.5) is 0 Å². The summed E-state index contributed by atoms with van der Waals surface area (Å²) in [7, 11) is -3.07. The van der Waals surface area contributed by atoms with Gasteiger partial charge in [0.25, 0.3) is 5.91 Å². The zero-order valence-electron chi connectivity index (χ0n) is 13.1. The smallest absolute Gasteiger partial charge is 0.331 e. The van der Waals surface area contributed by atoms with Gasteiger partial charge < -0.3 is 10.1 Å². The summed E-state index contributed by atoms with van der Waals surface area (Å²) in [5, 5.41) is 2.60. The van der Waals surface area contributed by atoms with Crippen molar-refractivity contribution >= 4 is 43.7 Å². The van der Waals surface area contributed by atoms with E-state index in [1.807, 2.05) is 24.3 Å². The number of nitrogens with one attached hydrogen (secondary N) is 1. The second-order valence-electron chi connectivity index (χ2n) is 5.58. The maximum absolute atomic E-state index is 12.0. The molecule has 1 aliphatic heterocycles. The van der Waals surface area contributed by atoms with Crippen LogP contribution in [-0.4, -0.2) is 43.9 Å². The molecule has 1 N–H and O–H groups in total. The number of ether oxygens (including phenoxy) is 1. The number of hydrogen-bond acceptors (Lipinski definition) is 5. The van der Waals surface area contributed by atoms with Crippen LogP contribution in [0.1, 0.15) is 18.9 Å². The highest BCUT2D eigenvalue weighted by molar-refractivity contribution is 9.10. The fourth-order valence-electron chi connectivity index (χ4n) is 2.27. The first-order valence-electron chi connectivity index (χ1n) is 7.40. The highest BCUT2D eigenvalue weighted by atomic mass is 79.9. The molecule has 130 valence electrons. The van der Waals surface area contributed by atoms with Crippen LogP contribution in [-0.2, 0) is 24.2 Å². The molecule has 1 aliphatic rings. The number of amides is 1. The molecule has 2 atom stereocenters. The van der Waals surface area contributed by atoms with E-state index >= 15 is 0 Å². The minimum atomic E-state index is -3.07. The molecule has 1 aromatic carbocycles. The van der Waals surface area contributed by atoms with Crippen LogP contribution in [0.5, 0.6) is 0 Å². The Morgan fingerprint density at radius 2 is 2.17 bits per heavy atom. The van der Waals surface area contributed by atoms with Crippen molar-refractivity contribution in [1.82, 2.24) is 5.32 Å².